The quantitative estimate of drug-likeness (QED) is 0.876. The zero-order valence-corrected chi connectivity index (χ0v) is 14.4. The normalized spacial score (nSPS) is 20.8. The molecule has 3 rings (SSSR count). The average molecular weight is 366 g/mol. The summed E-state index contributed by atoms with van der Waals surface area (Å²) in [5, 5.41) is 6.56. The number of alkyl halides is 3. The molecule has 1 aromatic carbocycles. The van der Waals surface area contributed by atoms with Gasteiger partial charge in [0.25, 0.3) is 5.91 Å². The van der Waals surface area contributed by atoms with Gasteiger partial charge in [0.15, 0.2) is 5.69 Å². The van der Waals surface area contributed by atoms with Crippen LogP contribution in [0.4, 0.5) is 13.2 Å². The zero-order chi connectivity index (χ0) is 18.9. The molecule has 8 heteroatoms. The fourth-order valence-electron chi connectivity index (χ4n) is 3.30. The number of nitrogens with one attached hydrogen (secondary N) is 1. The van der Waals surface area contributed by atoms with Crippen LogP contribution >= 0.6 is 0 Å². The molecule has 1 aliphatic carbocycles. The maximum Gasteiger partial charge on any atom is 0.434 e. The van der Waals surface area contributed by atoms with Crippen molar-refractivity contribution in [3.8, 4) is 5.69 Å². The van der Waals surface area contributed by atoms with Crippen molar-refractivity contribution in [3.63, 3.8) is 0 Å². The second-order valence-corrected chi connectivity index (χ2v) is 6.69. The standard InChI is InChI=1S/C18H21F3N4O/c1-11-4-2-3-5-15(11)25-16(18(19,20)21)14(10-23-25)17(26)24-13-8-6-12(22)7-9-13/h2-5,10,12-13H,6-9,22H2,1H3,(H,24,26). The second-order valence-electron chi connectivity index (χ2n) is 6.69. The fourth-order valence-corrected chi connectivity index (χ4v) is 3.30. The molecule has 3 N–H and O–H groups in total. The highest BCUT2D eigenvalue weighted by Crippen LogP contribution is 2.34. The number of aromatic nitrogens is 2. The summed E-state index contributed by atoms with van der Waals surface area (Å²) < 4.78 is 41.9. The third-order valence-corrected chi connectivity index (χ3v) is 4.73. The van der Waals surface area contributed by atoms with Crippen molar-refractivity contribution in [3.05, 3.63) is 47.3 Å². The summed E-state index contributed by atoms with van der Waals surface area (Å²) in [4.78, 5) is 12.5. The predicted octanol–water partition coefficient (Wildman–Crippen LogP) is 3.20. The smallest absolute Gasteiger partial charge is 0.349 e. The molecule has 1 aromatic heterocycles. The van der Waals surface area contributed by atoms with Gasteiger partial charge in [-0.2, -0.15) is 18.3 Å². The summed E-state index contributed by atoms with van der Waals surface area (Å²) in [7, 11) is 0. The van der Waals surface area contributed by atoms with Gasteiger partial charge >= 0.3 is 6.18 Å². The van der Waals surface area contributed by atoms with Gasteiger partial charge in [-0.05, 0) is 44.2 Å². The minimum atomic E-state index is -4.71. The van der Waals surface area contributed by atoms with E-state index in [1.54, 1.807) is 31.2 Å². The molecule has 0 radical (unpaired) electrons. The molecule has 140 valence electrons. The third-order valence-electron chi connectivity index (χ3n) is 4.73. The van der Waals surface area contributed by atoms with Gasteiger partial charge in [0.05, 0.1) is 17.4 Å². The van der Waals surface area contributed by atoms with Crippen molar-refractivity contribution in [2.24, 2.45) is 5.73 Å². The van der Waals surface area contributed by atoms with Crippen molar-refractivity contribution in [1.29, 1.82) is 0 Å². The van der Waals surface area contributed by atoms with Crippen LogP contribution in [0.15, 0.2) is 30.5 Å². The Morgan fingerprint density at radius 3 is 2.50 bits per heavy atom. The highest BCUT2D eigenvalue weighted by atomic mass is 19.4. The lowest BCUT2D eigenvalue weighted by Crippen LogP contribution is -2.41. The molecule has 1 saturated carbocycles. The van der Waals surface area contributed by atoms with E-state index >= 15 is 0 Å². The van der Waals surface area contributed by atoms with E-state index in [9.17, 15) is 18.0 Å². The van der Waals surface area contributed by atoms with Crippen molar-refractivity contribution in [2.75, 3.05) is 0 Å². The van der Waals surface area contributed by atoms with Gasteiger partial charge in [0, 0.05) is 12.1 Å². The largest absolute Gasteiger partial charge is 0.434 e. The van der Waals surface area contributed by atoms with Crippen molar-refractivity contribution >= 4 is 5.91 Å². The Hall–Kier alpha value is -2.35. The lowest BCUT2D eigenvalue weighted by atomic mass is 9.91. The number of nitrogens with zero attached hydrogens (tertiary/aromatic N) is 2. The molecule has 1 heterocycles. The monoisotopic (exact) mass is 366 g/mol. The highest BCUT2D eigenvalue weighted by molar-refractivity contribution is 5.95. The van der Waals surface area contributed by atoms with Gasteiger partial charge in [0.1, 0.15) is 0 Å². The summed E-state index contributed by atoms with van der Waals surface area (Å²) in [5.41, 5.74) is 5.23. The van der Waals surface area contributed by atoms with E-state index in [-0.39, 0.29) is 12.1 Å². The molecule has 1 aliphatic rings. The topological polar surface area (TPSA) is 72.9 Å². The van der Waals surface area contributed by atoms with Crippen LogP contribution < -0.4 is 11.1 Å². The maximum absolute atomic E-state index is 13.7. The van der Waals surface area contributed by atoms with Crippen LogP contribution in [0.5, 0.6) is 0 Å². The number of halogens is 3. The lowest BCUT2D eigenvalue weighted by Gasteiger charge is -2.26. The van der Waals surface area contributed by atoms with E-state index in [1.807, 2.05) is 0 Å². The summed E-state index contributed by atoms with van der Waals surface area (Å²) in [6, 6.07) is 6.54. The van der Waals surface area contributed by atoms with Gasteiger partial charge in [-0.3, -0.25) is 4.79 Å². The minimum absolute atomic E-state index is 0.0951. The Kier molecular flexibility index (Phi) is 5.04. The van der Waals surface area contributed by atoms with E-state index in [4.69, 9.17) is 5.73 Å². The number of hydrogen-bond acceptors (Lipinski definition) is 3. The summed E-state index contributed by atoms with van der Waals surface area (Å²) in [6.07, 6.45) is -0.890. The van der Waals surface area contributed by atoms with Crippen LogP contribution in [0.25, 0.3) is 5.69 Å². The number of nitrogens with two attached hydrogens (primary N) is 1. The van der Waals surface area contributed by atoms with Gasteiger partial charge in [-0.15, -0.1) is 0 Å². The molecule has 0 aliphatic heterocycles. The van der Waals surface area contributed by atoms with E-state index in [0.29, 0.717) is 24.1 Å². The Labute approximate surface area is 149 Å². The number of para-hydroxylation sites is 1. The van der Waals surface area contributed by atoms with Crippen LogP contribution in [0, 0.1) is 6.92 Å². The Bertz CT molecular complexity index is 792. The van der Waals surface area contributed by atoms with E-state index < -0.39 is 23.3 Å². The number of rotatable bonds is 3. The van der Waals surface area contributed by atoms with E-state index in [2.05, 4.69) is 10.4 Å². The average Bonchev–Trinajstić information content (AvgIpc) is 3.02. The Balaban J connectivity index is 1.93. The first-order valence-electron chi connectivity index (χ1n) is 8.55. The number of benzene rings is 1. The minimum Gasteiger partial charge on any atom is -0.349 e. The van der Waals surface area contributed by atoms with Gasteiger partial charge < -0.3 is 11.1 Å². The molecule has 2 aromatic rings. The first-order valence-corrected chi connectivity index (χ1v) is 8.55. The highest BCUT2D eigenvalue weighted by Gasteiger charge is 2.41. The van der Waals surface area contributed by atoms with Crippen molar-refractivity contribution in [2.45, 2.75) is 50.9 Å². The molecule has 1 amide bonds. The Morgan fingerprint density at radius 1 is 1.23 bits per heavy atom. The SMILES string of the molecule is Cc1ccccc1-n1ncc(C(=O)NC2CCC(N)CC2)c1C(F)(F)F. The van der Waals surface area contributed by atoms with Crippen LogP contribution in [-0.4, -0.2) is 27.8 Å². The van der Waals surface area contributed by atoms with Crippen molar-refractivity contribution < 1.29 is 18.0 Å². The van der Waals surface area contributed by atoms with Crippen LogP contribution in [0.3, 0.4) is 0 Å². The van der Waals surface area contributed by atoms with Crippen LogP contribution in [0.1, 0.15) is 47.3 Å². The molecule has 1 fully saturated rings. The van der Waals surface area contributed by atoms with Gasteiger partial charge in [-0.25, -0.2) is 4.68 Å². The molecule has 0 atom stereocenters. The molecule has 0 bridgehead atoms. The second kappa shape index (κ2) is 7.11. The summed E-state index contributed by atoms with van der Waals surface area (Å²) in [5.74, 6) is -0.752. The molecular weight excluding hydrogens is 345 g/mol. The molecule has 26 heavy (non-hydrogen) atoms. The number of amides is 1. The predicted molar refractivity (Wildman–Crippen MR) is 91.0 cm³/mol. The molecular formula is C18H21F3N4O. The molecule has 0 spiro atoms. The number of hydrogen-bond donors (Lipinski definition) is 2. The third kappa shape index (κ3) is 3.75. The lowest BCUT2D eigenvalue weighted by molar-refractivity contribution is -0.143. The number of carbonyl (C=O) groups is 1. The number of aryl methyl sites for hydroxylation is 1. The maximum atomic E-state index is 13.7. The van der Waals surface area contributed by atoms with Crippen molar-refractivity contribution in [1.82, 2.24) is 15.1 Å². The first kappa shape index (κ1) is 18.4. The number of carbonyl (C=O) groups excluding carboxylic acids is 1. The summed E-state index contributed by atoms with van der Waals surface area (Å²) >= 11 is 0. The van der Waals surface area contributed by atoms with E-state index in [1.165, 1.54) is 0 Å². The Morgan fingerprint density at radius 2 is 1.88 bits per heavy atom. The van der Waals surface area contributed by atoms with E-state index in [0.717, 1.165) is 23.7 Å². The first-order chi connectivity index (χ1) is 12.3. The van der Waals surface area contributed by atoms with Gasteiger partial charge in [0.2, 0.25) is 0 Å². The zero-order valence-electron chi connectivity index (χ0n) is 14.4. The van der Waals surface area contributed by atoms with Gasteiger partial charge in [-0.1, -0.05) is 18.2 Å². The molecule has 0 saturated heterocycles. The fraction of sp³-hybridized carbons (Fsp3) is 0.444. The van der Waals surface area contributed by atoms with Crippen LogP contribution in [-0.2, 0) is 6.18 Å². The molecule has 5 nitrogen and oxygen atoms in total. The van der Waals surface area contributed by atoms with Crippen LogP contribution in [0.2, 0.25) is 0 Å². The summed E-state index contributed by atoms with van der Waals surface area (Å²) in [6.45, 7) is 1.70. The molecule has 0 unspecified atom stereocenters.